The zero-order valence-corrected chi connectivity index (χ0v) is 9.11. The maximum Gasteiger partial charge on any atom is 0.123 e. The van der Waals surface area contributed by atoms with E-state index in [1.54, 1.807) is 18.4 Å². The predicted molar refractivity (Wildman–Crippen MR) is 61.9 cm³/mol. The molecule has 2 nitrogen and oxygen atoms in total. The van der Waals surface area contributed by atoms with Crippen LogP contribution < -0.4 is 5.32 Å². The van der Waals surface area contributed by atoms with Crippen molar-refractivity contribution in [1.82, 2.24) is 0 Å². The first-order valence-electron chi connectivity index (χ1n) is 5.28. The fraction of sp³-hybridized carbons (Fsp3) is 0.231. The summed E-state index contributed by atoms with van der Waals surface area (Å²) < 4.78 is 17.9. The van der Waals surface area contributed by atoms with Crippen molar-refractivity contribution in [2.75, 3.05) is 5.32 Å². The van der Waals surface area contributed by atoms with E-state index in [1.807, 2.05) is 12.1 Å². The molecule has 1 aromatic carbocycles. The molecule has 1 unspecified atom stereocenters. The maximum atomic E-state index is 12.7. The quantitative estimate of drug-likeness (QED) is 0.851. The van der Waals surface area contributed by atoms with Crippen molar-refractivity contribution in [3.8, 4) is 0 Å². The van der Waals surface area contributed by atoms with Crippen molar-refractivity contribution >= 4 is 5.69 Å². The van der Waals surface area contributed by atoms with Gasteiger partial charge in [0.15, 0.2) is 0 Å². The average Bonchev–Trinajstić information content (AvgIpc) is 2.74. The average molecular weight is 219 g/mol. The molecule has 0 aliphatic rings. The summed E-state index contributed by atoms with van der Waals surface area (Å²) in [5.74, 6) is 0.728. The Morgan fingerprint density at radius 1 is 1.25 bits per heavy atom. The van der Waals surface area contributed by atoms with E-state index in [0.717, 1.165) is 17.9 Å². The molecular weight excluding hydrogens is 205 g/mol. The van der Waals surface area contributed by atoms with Crippen molar-refractivity contribution in [1.29, 1.82) is 0 Å². The van der Waals surface area contributed by atoms with Gasteiger partial charge in [-0.15, -0.1) is 0 Å². The van der Waals surface area contributed by atoms with Crippen LogP contribution in [-0.4, -0.2) is 6.04 Å². The second kappa shape index (κ2) is 4.84. The molecule has 0 saturated carbocycles. The number of hydrogen-bond acceptors (Lipinski definition) is 2. The van der Waals surface area contributed by atoms with Gasteiger partial charge in [-0.25, -0.2) is 4.39 Å². The Balaban J connectivity index is 1.92. The van der Waals surface area contributed by atoms with Gasteiger partial charge in [0.05, 0.1) is 6.26 Å². The minimum atomic E-state index is -0.218. The van der Waals surface area contributed by atoms with Crippen LogP contribution in [0.1, 0.15) is 12.7 Å². The van der Waals surface area contributed by atoms with Gasteiger partial charge in [-0.3, -0.25) is 0 Å². The summed E-state index contributed by atoms with van der Waals surface area (Å²) in [7, 11) is 0. The second-order valence-corrected chi connectivity index (χ2v) is 3.84. The topological polar surface area (TPSA) is 25.2 Å². The minimum Gasteiger partial charge on any atom is -0.469 e. The van der Waals surface area contributed by atoms with Gasteiger partial charge in [-0.1, -0.05) is 0 Å². The number of furan rings is 1. The Labute approximate surface area is 94.1 Å². The van der Waals surface area contributed by atoms with E-state index in [1.165, 1.54) is 12.1 Å². The molecule has 0 fully saturated rings. The summed E-state index contributed by atoms with van der Waals surface area (Å²) >= 11 is 0. The Kier molecular flexibility index (Phi) is 3.25. The smallest absolute Gasteiger partial charge is 0.123 e. The van der Waals surface area contributed by atoms with Gasteiger partial charge in [0.25, 0.3) is 0 Å². The summed E-state index contributed by atoms with van der Waals surface area (Å²) in [5, 5.41) is 3.28. The molecule has 0 spiro atoms. The summed E-state index contributed by atoms with van der Waals surface area (Å²) in [5.41, 5.74) is 0.917. The summed E-state index contributed by atoms with van der Waals surface area (Å²) in [6.07, 6.45) is 2.48. The van der Waals surface area contributed by atoms with E-state index < -0.39 is 0 Å². The largest absolute Gasteiger partial charge is 0.469 e. The highest BCUT2D eigenvalue weighted by Crippen LogP contribution is 2.12. The van der Waals surface area contributed by atoms with Crippen LogP contribution in [0.3, 0.4) is 0 Å². The van der Waals surface area contributed by atoms with Crippen molar-refractivity contribution < 1.29 is 8.81 Å². The number of nitrogens with one attached hydrogen (secondary N) is 1. The van der Waals surface area contributed by atoms with E-state index >= 15 is 0 Å². The van der Waals surface area contributed by atoms with Crippen LogP contribution in [0.15, 0.2) is 47.1 Å². The lowest BCUT2D eigenvalue weighted by Crippen LogP contribution is -2.17. The van der Waals surface area contributed by atoms with Gasteiger partial charge in [0, 0.05) is 18.2 Å². The highest BCUT2D eigenvalue weighted by Gasteiger charge is 2.05. The normalized spacial score (nSPS) is 12.4. The third-order valence-corrected chi connectivity index (χ3v) is 2.34. The number of anilines is 1. The Hall–Kier alpha value is -1.77. The molecule has 0 radical (unpaired) electrons. The number of halogens is 1. The Morgan fingerprint density at radius 2 is 2.00 bits per heavy atom. The second-order valence-electron chi connectivity index (χ2n) is 3.84. The minimum absolute atomic E-state index is 0.218. The molecule has 0 aliphatic carbocycles. The Bertz CT molecular complexity index is 422. The highest BCUT2D eigenvalue weighted by atomic mass is 19.1. The third kappa shape index (κ3) is 2.86. The monoisotopic (exact) mass is 219 g/mol. The molecular formula is C13H14FNO. The highest BCUT2D eigenvalue weighted by molar-refractivity contribution is 5.43. The van der Waals surface area contributed by atoms with Gasteiger partial charge < -0.3 is 9.73 Å². The lowest BCUT2D eigenvalue weighted by Gasteiger charge is -2.13. The predicted octanol–water partition coefficient (Wildman–Crippen LogP) is 3.46. The first-order chi connectivity index (χ1) is 7.74. The fourth-order valence-electron chi connectivity index (χ4n) is 1.61. The van der Waals surface area contributed by atoms with Crippen LogP contribution in [0, 0.1) is 5.82 Å². The van der Waals surface area contributed by atoms with Crippen LogP contribution >= 0.6 is 0 Å². The molecule has 2 rings (SSSR count). The molecule has 2 aromatic rings. The van der Waals surface area contributed by atoms with Gasteiger partial charge in [0.1, 0.15) is 11.6 Å². The van der Waals surface area contributed by atoms with Crippen LogP contribution in [0.2, 0.25) is 0 Å². The van der Waals surface area contributed by atoms with Crippen LogP contribution in [0.5, 0.6) is 0 Å². The molecule has 0 aliphatic heterocycles. The van der Waals surface area contributed by atoms with Crippen LogP contribution in [0.4, 0.5) is 10.1 Å². The van der Waals surface area contributed by atoms with E-state index in [2.05, 4.69) is 12.2 Å². The summed E-state index contributed by atoms with van der Waals surface area (Å²) in [6, 6.07) is 10.4. The van der Waals surface area contributed by atoms with E-state index in [9.17, 15) is 4.39 Å². The molecule has 84 valence electrons. The molecule has 1 heterocycles. The molecule has 1 N–H and O–H groups in total. The maximum absolute atomic E-state index is 12.7. The van der Waals surface area contributed by atoms with Crippen LogP contribution in [0.25, 0.3) is 0 Å². The molecule has 0 amide bonds. The number of hydrogen-bond donors (Lipinski definition) is 1. The zero-order valence-electron chi connectivity index (χ0n) is 9.11. The lowest BCUT2D eigenvalue weighted by atomic mass is 10.2. The first kappa shape index (κ1) is 10.7. The van der Waals surface area contributed by atoms with E-state index in [-0.39, 0.29) is 11.9 Å². The van der Waals surface area contributed by atoms with E-state index in [0.29, 0.717) is 0 Å². The molecule has 1 aromatic heterocycles. The molecule has 0 saturated heterocycles. The van der Waals surface area contributed by atoms with Gasteiger partial charge >= 0.3 is 0 Å². The van der Waals surface area contributed by atoms with Crippen molar-refractivity contribution in [3.63, 3.8) is 0 Å². The van der Waals surface area contributed by atoms with Gasteiger partial charge in [0.2, 0.25) is 0 Å². The first-order valence-corrected chi connectivity index (χ1v) is 5.28. The van der Waals surface area contributed by atoms with Crippen molar-refractivity contribution in [2.24, 2.45) is 0 Å². The van der Waals surface area contributed by atoms with Gasteiger partial charge in [-0.05, 0) is 43.3 Å². The van der Waals surface area contributed by atoms with E-state index in [4.69, 9.17) is 4.42 Å². The molecule has 16 heavy (non-hydrogen) atoms. The summed E-state index contributed by atoms with van der Waals surface area (Å²) in [6.45, 7) is 2.06. The summed E-state index contributed by atoms with van der Waals surface area (Å²) in [4.78, 5) is 0. The standard InChI is InChI=1S/C13H14FNO/c1-10(9-13-3-2-8-16-13)15-12-6-4-11(14)5-7-12/h2-8,10,15H,9H2,1H3. The van der Waals surface area contributed by atoms with Crippen molar-refractivity contribution in [3.05, 3.63) is 54.2 Å². The Morgan fingerprint density at radius 3 is 2.62 bits per heavy atom. The SMILES string of the molecule is CC(Cc1ccco1)Nc1ccc(F)cc1. The zero-order chi connectivity index (χ0) is 11.4. The van der Waals surface area contributed by atoms with Crippen molar-refractivity contribution in [2.45, 2.75) is 19.4 Å². The number of benzene rings is 1. The third-order valence-electron chi connectivity index (χ3n) is 2.34. The number of rotatable bonds is 4. The molecule has 1 atom stereocenters. The molecule has 0 bridgehead atoms. The van der Waals surface area contributed by atoms with Gasteiger partial charge in [-0.2, -0.15) is 0 Å². The molecule has 3 heteroatoms. The van der Waals surface area contributed by atoms with Crippen LogP contribution in [-0.2, 0) is 6.42 Å². The lowest BCUT2D eigenvalue weighted by molar-refractivity contribution is 0.498. The fourth-order valence-corrected chi connectivity index (χ4v) is 1.61.